The molecule has 2 aliphatic rings. The van der Waals surface area contributed by atoms with E-state index in [2.05, 4.69) is 21.7 Å². The Kier molecular flexibility index (Phi) is 6.68. The summed E-state index contributed by atoms with van der Waals surface area (Å²) in [5, 5.41) is 5.13. The van der Waals surface area contributed by atoms with E-state index in [1.807, 2.05) is 6.07 Å². The lowest BCUT2D eigenvalue weighted by Crippen LogP contribution is -2.47. The summed E-state index contributed by atoms with van der Waals surface area (Å²) in [6, 6.07) is 4.26. The summed E-state index contributed by atoms with van der Waals surface area (Å²) >= 11 is 1.69. The van der Waals surface area contributed by atoms with Crippen LogP contribution in [0.25, 0.3) is 0 Å². The molecule has 146 valence electrons. The number of sulfonamides is 1. The summed E-state index contributed by atoms with van der Waals surface area (Å²) < 4.78 is 30.4. The van der Waals surface area contributed by atoms with Crippen LogP contribution in [0.1, 0.15) is 23.8 Å². The molecule has 7 nitrogen and oxygen atoms in total. The van der Waals surface area contributed by atoms with E-state index in [4.69, 9.17) is 4.74 Å². The fourth-order valence-corrected chi connectivity index (χ4v) is 5.35. The molecule has 1 aromatic heterocycles. The Hall–Kier alpha value is -1.00. The van der Waals surface area contributed by atoms with E-state index in [1.54, 1.807) is 11.3 Å². The number of nitrogens with zero attached hydrogens (tertiary/aromatic N) is 2. The van der Waals surface area contributed by atoms with Crippen LogP contribution in [0.3, 0.4) is 0 Å². The predicted octanol–water partition coefficient (Wildman–Crippen LogP) is 0.909. The number of ether oxygens (including phenoxy) is 1. The second-order valence-electron chi connectivity index (χ2n) is 6.88. The van der Waals surface area contributed by atoms with Crippen LogP contribution in [0.5, 0.6) is 0 Å². The van der Waals surface area contributed by atoms with E-state index in [-0.39, 0.29) is 24.4 Å². The second kappa shape index (κ2) is 8.79. The minimum atomic E-state index is -3.24. The number of morpholine rings is 1. The van der Waals surface area contributed by atoms with Crippen molar-refractivity contribution in [2.24, 2.45) is 5.92 Å². The Morgan fingerprint density at radius 2 is 2.15 bits per heavy atom. The highest BCUT2D eigenvalue weighted by molar-refractivity contribution is 7.88. The summed E-state index contributed by atoms with van der Waals surface area (Å²) in [6.07, 6.45) is 2.67. The molecule has 1 N–H and O–H groups in total. The van der Waals surface area contributed by atoms with Gasteiger partial charge in [-0.25, -0.2) is 12.7 Å². The highest BCUT2D eigenvalue weighted by atomic mass is 32.2. The number of hydrogen-bond donors (Lipinski definition) is 1. The molecule has 2 fully saturated rings. The van der Waals surface area contributed by atoms with Crippen LogP contribution in [-0.4, -0.2) is 75.7 Å². The summed E-state index contributed by atoms with van der Waals surface area (Å²) in [5.41, 5.74) is 0. The Balaban J connectivity index is 1.60. The summed E-state index contributed by atoms with van der Waals surface area (Å²) in [4.78, 5) is 16.2. The third kappa shape index (κ3) is 5.04. The van der Waals surface area contributed by atoms with Crippen LogP contribution in [0.15, 0.2) is 17.5 Å². The Labute approximate surface area is 159 Å². The van der Waals surface area contributed by atoms with Crippen LogP contribution >= 0.6 is 11.3 Å². The maximum atomic E-state index is 12.7. The Morgan fingerprint density at radius 1 is 1.38 bits per heavy atom. The molecule has 0 aromatic carbocycles. The lowest BCUT2D eigenvalue weighted by molar-refractivity contribution is -0.126. The van der Waals surface area contributed by atoms with Crippen LogP contribution in [-0.2, 0) is 19.6 Å². The minimum absolute atomic E-state index is 0.0480. The zero-order valence-corrected chi connectivity index (χ0v) is 16.7. The van der Waals surface area contributed by atoms with Gasteiger partial charge >= 0.3 is 0 Å². The molecule has 0 aliphatic carbocycles. The number of amides is 1. The van der Waals surface area contributed by atoms with Crippen LogP contribution in [0.4, 0.5) is 0 Å². The number of rotatable bonds is 6. The first kappa shape index (κ1) is 19.8. The Morgan fingerprint density at radius 3 is 2.81 bits per heavy atom. The van der Waals surface area contributed by atoms with Crippen molar-refractivity contribution in [3.63, 3.8) is 0 Å². The monoisotopic (exact) mass is 401 g/mol. The van der Waals surface area contributed by atoms with Crippen molar-refractivity contribution in [1.82, 2.24) is 14.5 Å². The van der Waals surface area contributed by atoms with Crippen molar-refractivity contribution in [1.29, 1.82) is 0 Å². The smallest absolute Gasteiger partial charge is 0.224 e. The van der Waals surface area contributed by atoms with Crippen molar-refractivity contribution in [3.05, 3.63) is 22.4 Å². The maximum Gasteiger partial charge on any atom is 0.224 e. The van der Waals surface area contributed by atoms with Gasteiger partial charge in [-0.1, -0.05) is 6.07 Å². The van der Waals surface area contributed by atoms with Gasteiger partial charge in [0.2, 0.25) is 15.9 Å². The molecule has 2 saturated heterocycles. The van der Waals surface area contributed by atoms with Gasteiger partial charge in [-0.3, -0.25) is 9.69 Å². The van der Waals surface area contributed by atoms with Gasteiger partial charge < -0.3 is 10.1 Å². The summed E-state index contributed by atoms with van der Waals surface area (Å²) in [7, 11) is -3.24. The molecule has 1 amide bonds. The molecule has 9 heteroatoms. The maximum absolute atomic E-state index is 12.7. The molecule has 26 heavy (non-hydrogen) atoms. The number of nitrogens with one attached hydrogen (secondary N) is 1. The normalized spacial score (nSPS) is 24.3. The molecule has 0 spiro atoms. The Bertz CT molecular complexity index is 687. The van der Waals surface area contributed by atoms with Crippen molar-refractivity contribution < 1.29 is 17.9 Å². The van der Waals surface area contributed by atoms with E-state index in [0.29, 0.717) is 26.3 Å². The van der Waals surface area contributed by atoms with Gasteiger partial charge in [0.1, 0.15) is 0 Å². The molecule has 2 atom stereocenters. The molecular weight excluding hydrogens is 374 g/mol. The lowest BCUT2D eigenvalue weighted by Gasteiger charge is -2.35. The largest absolute Gasteiger partial charge is 0.379 e. The molecular formula is C17H27N3O4S2. The second-order valence-corrected chi connectivity index (χ2v) is 9.85. The van der Waals surface area contributed by atoms with E-state index >= 15 is 0 Å². The van der Waals surface area contributed by atoms with E-state index in [9.17, 15) is 13.2 Å². The zero-order valence-electron chi connectivity index (χ0n) is 15.1. The van der Waals surface area contributed by atoms with Crippen molar-refractivity contribution >= 4 is 27.3 Å². The molecule has 3 heterocycles. The molecule has 1 aromatic rings. The fraction of sp³-hybridized carbons (Fsp3) is 0.706. The lowest BCUT2D eigenvalue weighted by atomic mass is 9.98. The summed E-state index contributed by atoms with van der Waals surface area (Å²) in [6.45, 7) is 4.45. The minimum Gasteiger partial charge on any atom is -0.379 e. The molecule has 3 rings (SSSR count). The van der Waals surface area contributed by atoms with Crippen molar-refractivity contribution in [2.45, 2.75) is 18.9 Å². The molecule has 0 bridgehead atoms. The quantitative estimate of drug-likeness (QED) is 0.767. The topological polar surface area (TPSA) is 79.0 Å². The molecule has 2 aliphatic heterocycles. The van der Waals surface area contributed by atoms with E-state index in [0.717, 1.165) is 25.9 Å². The third-order valence-electron chi connectivity index (χ3n) is 5.05. The highest BCUT2D eigenvalue weighted by Crippen LogP contribution is 2.26. The SMILES string of the molecule is CS(=O)(=O)N1CCCC(C(=O)NCC(c2cccs2)N2CCOCC2)C1. The average Bonchev–Trinajstić information content (AvgIpc) is 3.16. The molecule has 0 saturated carbocycles. The zero-order chi connectivity index (χ0) is 18.6. The number of piperidine rings is 1. The van der Waals surface area contributed by atoms with Gasteiger partial charge in [-0.15, -0.1) is 11.3 Å². The van der Waals surface area contributed by atoms with Gasteiger partial charge in [-0.05, 0) is 24.3 Å². The molecule has 0 radical (unpaired) electrons. The van der Waals surface area contributed by atoms with Crippen LogP contribution in [0, 0.1) is 5.92 Å². The summed E-state index contributed by atoms with van der Waals surface area (Å²) in [5.74, 6) is -0.319. The third-order valence-corrected chi connectivity index (χ3v) is 7.29. The number of thiophene rings is 1. The first-order valence-electron chi connectivity index (χ1n) is 9.03. The van der Waals surface area contributed by atoms with Crippen molar-refractivity contribution in [3.8, 4) is 0 Å². The van der Waals surface area contributed by atoms with E-state index in [1.165, 1.54) is 15.4 Å². The number of carbonyl (C=O) groups is 1. The van der Waals surface area contributed by atoms with Gasteiger partial charge in [0.15, 0.2) is 0 Å². The standard InChI is InChI=1S/C17H27N3O4S2/c1-26(22,23)20-6-2-4-14(13-20)17(21)18-12-15(16-5-3-11-25-16)19-7-9-24-10-8-19/h3,5,11,14-15H,2,4,6-10,12-13H2,1H3,(H,18,21). The highest BCUT2D eigenvalue weighted by Gasteiger charge is 2.31. The van der Waals surface area contributed by atoms with Crippen LogP contribution < -0.4 is 5.32 Å². The van der Waals surface area contributed by atoms with Gasteiger partial charge in [0.05, 0.1) is 31.4 Å². The number of hydrogen-bond acceptors (Lipinski definition) is 6. The van der Waals surface area contributed by atoms with Crippen molar-refractivity contribution in [2.75, 3.05) is 52.2 Å². The van der Waals surface area contributed by atoms with Crippen LogP contribution in [0.2, 0.25) is 0 Å². The van der Waals surface area contributed by atoms with Gasteiger partial charge in [-0.2, -0.15) is 0 Å². The number of carbonyl (C=O) groups excluding carboxylic acids is 1. The van der Waals surface area contributed by atoms with Gasteiger partial charge in [0, 0.05) is 37.6 Å². The average molecular weight is 402 g/mol. The van der Waals surface area contributed by atoms with Gasteiger partial charge in [0.25, 0.3) is 0 Å². The first-order chi connectivity index (χ1) is 12.4. The fourth-order valence-electron chi connectivity index (χ4n) is 3.58. The predicted molar refractivity (Wildman–Crippen MR) is 102 cm³/mol. The van der Waals surface area contributed by atoms with E-state index < -0.39 is 10.0 Å². The first-order valence-corrected chi connectivity index (χ1v) is 11.8. The molecule has 2 unspecified atom stereocenters.